The summed E-state index contributed by atoms with van der Waals surface area (Å²) in [7, 11) is 0. The first kappa shape index (κ1) is 21.4. The lowest BCUT2D eigenvalue weighted by Crippen LogP contribution is -2.62. The Kier molecular flexibility index (Phi) is 6.92. The van der Waals surface area contributed by atoms with Gasteiger partial charge in [0.1, 0.15) is 0 Å². The lowest BCUT2D eigenvalue weighted by atomic mass is 9.81. The Bertz CT molecular complexity index is 573. The van der Waals surface area contributed by atoms with Crippen LogP contribution in [0.15, 0.2) is 17.5 Å². The molecule has 1 fully saturated rings. The average molecular weight is 381 g/mol. The molecule has 0 aromatic carbocycles. The zero-order valence-electron chi connectivity index (χ0n) is 17.2. The van der Waals surface area contributed by atoms with E-state index in [0.29, 0.717) is 18.8 Å². The lowest BCUT2D eigenvalue weighted by Gasteiger charge is -2.49. The number of thiophene rings is 1. The summed E-state index contributed by atoms with van der Waals surface area (Å²) in [6, 6.07) is 3.92. The molecule has 0 spiro atoms. The van der Waals surface area contributed by atoms with Gasteiger partial charge in [0, 0.05) is 17.8 Å². The number of piperidine rings is 1. The highest BCUT2D eigenvalue weighted by molar-refractivity contribution is 7.10. The molecule has 0 saturated carbocycles. The fourth-order valence-corrected chi connectivity index (χ4v) is 4.53. The molecule has 1 amide bonds. The molecule has 0 aliphatic carbocycles. The third-order valence-corrected chi connectivity index (χ3v) is 6.06. The van der Waals surface area contributed by atoms with Crippen LogP contribution < -0.4 is 5.32 Å². The molecule has 5 heteroatoms. The minimum atomic E-state index is -0.906. The molecule has 1 aromatic rings. The number of nitrogens with zero attached hydrogens (tertiary/aromatic N) is 1. The second-order valence-corrected chi connectivity index (χ2v) is 10.5. The lowest BCUT2D eigenvalue weighted by molar-refractivity contribution is -0.130. The fourth-order valence-electron chi connectivity index (χ4n) is 3.63. The van der Waals surface area contributed by atoms with Gasteiger partial charge in [-0.15, -0.1) is 11.3 Å². The molecule has 2 heterocycles. The number of amides is 1. The van der Waals surface area contributed by atoms with Gasteiger partial charge in [0.05, 0.1) is 17.7 Å². The summed E-state index contributed by atoms with van der Waals surface area (Å²) in [5.74, 6) is 0.658. The van der Waals surface area contributed by atoms with Gasteiger partial charge in [-0.1, -0.05) is 40.7 Å². The molecule has 1 aliphatic heterocycles. The smallest absolute Gasteiger partial charge is 0.220 e. The molecule has 4 nitrogen and oxygen atoms in total. The van der Waals surface area contributed by atoms with E-state index in [2.05, 4.69) is 62.3 Å². The molecule has 148 valence electrons. The molecule has 1 saturated heterocycles. The highest BCUT2D eigenvalue weighted by Gasteiger charge is 2.46. The molecular formula is C21H36N2O2S. The van der Waals surface area contributed by atoms with Crippen LogP contribution in [0.1, 0.15) is 71.7 Å². The van der Waals surface area contributed by atoms with E-state index in [4.69, 9.17) is 0 Å². The molecule has 3 atom stereocenters. The standard InChI is InChI=1S/C21H36N2O2S/c1-15(2)9-11-23-12-10-21(6,25)19(18(23)16-8-7-13-26-16)22-17(24)14-20(3,4)5/h7-8,13,15,18-19,25H,9-12,14H2,1-6H3,(H,22,24)/t18-,19-,21+/m0/s1. The van der Waals surface area contributed by atoms with Gasteiger partial charge in [-0.25, -0.2) is 0 Å². The second kappa shape index (κ2) is 8.41. The van der Waals surface area contributed by atoms with Crippen molar-refractivity contribution in [2.24, 2.45) is 11.3 Å². The van der Waals surface area contributed by atoms with Crippen molar-refractivity contribution in [3.05, 3.63) is 22.4 Å². The van der Waals surface area contributed by atoms with Crippen molar-refractivity contribution >= 4 is 17.2 Å². The molecular weight excluding hydrogens is 344 g/mol. The van der Waals surface area contributed by atoms with Crippen molar-refractivity contribution in [1.82, 2.24) is 10.2 Å². The van der Waals surface area contributed by atoms with Crippen LogP contribution in [0.2, 0.25) is 0 Å². The molecule has 0 radical (unpaired) electrons. The van der Waals surface area contributed by atoms with E-state index in [1.807, 2.05) is 6.92 Å². The molecule has 2 N–H and O–H groups in total. The number of hydrogen-bond donors (Lipinski definition) is 2. The van der Waals surface area contributed by atoms with Crippen LogP contribution in [0, 0.1) is 11.3 Å². The van der Waals surface area contributed by atoms with Gasteiger partial charge in [0.2, 0.25) is 5.91 Å². The Balaban J connectivity index is 2.27. The third kappa shape index (κ3) is 5.80. The first-order valence-corrected chi connectivity index (χ1v) is 10.7. The summed E-state index contributed by atoms with van der Waals surface area (Å²) < 4.78 is 0. The topological polar surface area (TPSA) is 52.6 Å². The summed E-state index contributed by atoms with van der Waals surface area (Å²) in [5, 5.41) is 16.4. The van der Waals surface area contributed by atoms with Crippen LogP contribution in [-0.2, 0) is 4.79 Å². The van der Waals surface area contributed by atoms with Gasteiger partial charge in [0.15, 0.2) is 0 Å². The van der Waals surface area contributed by atoms with E-state index < -0.39 is 5.60 Å². The first-order valence-electron chi connectivity index (χ1n) is 9.79. The van der Waals surface area contributed by atoms with Crippen molar-refractivity contribution in [2.45, 2.75) is 78.5 Å². The van der Waals surface area contributed by atoms with Crippen LogP contribution >= 0.6 is 11.3 Å². The molecule has 1 aliphatic rings. The number of likely N-dealkylation sites (tertiary alicyclic amines) is 1. The first-order chi connectivity index (χ1) is 12.0. The summed E-state index contributed by atoms with van der Waals surface area (Å²) in [5.41, 5.74) is -0.975. The van der Waals surface area contributed by atoms with Gasteiger partial charge in [0.25, 0.3) is 0 Å². The predicted octanol–water partition coefficient (Wildman–Crippen LogP) is 4.21. The predicted molar refractivity (Wildman–Crippen MR) is 109 cm³/mol. The minimum absolute atomic E-state index is 0.0232. The van der Waals surface area contributed by atoms with Crippen molar-refractivity contribution in [1.29, 1.82) is 0 Å². The Morgan fingerprint density at radius 1 is 1.46 bits per heavy atom. The van der Waals surface area contributed by atoms with E-state index in [1.54, 1.807) is 11.3 Å². The normalized spacial score (nSPS) is 27.7. The Labute approximate surface area is 163 Å². The summed E-state index contributed by atoms with van der Waals surface area (Å²) >= 11 is 1.71. The molecule has 1 aromatic heterocycles. The number of carbonyl (C=O) groups excluding carboxylic acids is 1. The number of hydrogen-bond acceptors (Lipinski definition) is 4. The van der Waals surface area contributed by atoms with Gasteiger partial charge < -0.3 is 10.4 Å². The van der Waals surface area contributed by atoms with Gasteiger partial charge in [-0.05, 0) is 49.1 Å². The number of carbonyl (C=O) groups is 1. The Morgan fingerprint density at radius 2 is 2.15 bits per heavy atom. The largest absolute Gasteiger partial charge is 0.388 e. The van der Waals surface area contributed by atoms with E-state index in [-0.39, 0.29) is 23.4 Å². The summed E-state index contributed by atoms with van der Waals surface area (Å²) in [4.78, 5) is 16.3. The van der Waals surface area contributed by atoms with Crippen LogP contribution in [-0.4, -0.2) is 40.6 Å². The quantitative estimate of drug-likeness (QED) is 0.777. The number of rotatable bonds is 6. The van der Waals surface area contributed by atoms with E-state index >= 15 is 0 Å². The zero-order chi connectivity index (χ0) is 19.5. The van der Waals surface area contributed by atoms with E-state index in [0.717, 1.165) is 19.5 Å². The van der Waals surface area contributed by atoms with Crippen LogP contribution in [0.5, 0.6) is 0 Å². The molecule has 0 bridgehead atoms. The highest BCUT2D eigenvalue weighted by Crippen LogP contribution is 2.39. The second-order valence-electron chi connectivity index (χ2n) is 9.57. The van der Waals surface area contributed by atoms with Gasteiger partial charge in [-0.2, -0.15) is 0 Å². The molecule has 2 rings (SSSR count). The minimum Gasteiger partial charge on any atom is -0.388 e. The van der Waals surface area contributed by atoms with Gasteiger partial charge in [-0.3, -0.25) is 9.69 Å². The molecule has 0 unspecified atom stereocenters. The highest BCUT2D eigenvalue weighted by atomic mass is 32.1. The number of nitrogens with one attached hydrogen (secondary N) is 1. The monoisotopic (exact) mass is 380 g/mol. The molecule has 26 heavy (non-hydrogen) atoms. The van der Waals surface area contributed by atoms with Gasteiger partial charge >= 0.3 is 0 Å². The maximum Gasteiger partial charge on any atom is 0.220 e. The summed E-state index contributed by atoms with van der Waals surface area (Å²) in [6.45, 7) is 14.4. The van der Waals surface area contributed by atoms with Crippen molar-refractivity contribution in [3.63, 3.8) is 0 Å². The van der Waals surface area contributed by atoms with Crippen LogP contribution in [0.25, 0.3) is 0 Å². The fraction of sp³-hybridized carbons (Fsp3) is 0.762. The van der Waals surface area contributed by atoms with E-state index in [1.165, 1.54) is 4.88 Å². The Morgan fingerprint density at radius 3 is 2.69 bits per heavy atom. The van der Waals surface area contributed by atoms with Crippen LogP contribution in [0.4, 0.5) is 0 Å². The van der Waals surface area contributed by atoms with Crippen molar-refractivity contribution in [3.8, 4) is 0 Å². The van der Waals surface area contributed by atoms with Crippen molar-refractivity contribution < 1.29 is 9.90 Å². The maximum atomic E-state index is 12.7. The summed E-state index contributed by atoms with van der Waals surface area (Å²) in [6.07, 6.45) is 2.25. The zero-order valence-corrected chi connectivity index (χ0v) is 18.0. The van der Waals surface area contributed by atoms with Crippen LogP contribution in [0.3, 0.4) is 0 Å². The van der Waals surface area contributed by atoms with Crippen molar-refractivity contribution in [2.75, 3.05) is 13.1 Å². The third-order valence-electron chi connectivity index (χ3n) is 5.12. The SMILES string of the molecule is CC(C)CCN1CC[C@@](C)(O)[C@@H](NC(=O)CC(C)(C)C)[C@@H]1c1cccs1. The Hall–Kier alpha value is -0.910. The van der Waals surface area contributed by atoms with E-state index in [9.17, 15) is 9.90 Å². The average Bonchev–Trinajstić information content (AvgIpc) is 2.99. The number of aliphatic hydroxyl groups is 1. The maximum absolute atomic E-state index is 12.7.